The summed E-state index contributed by atoms with van der Waals surface area (Å²) in [5.41, 5.74) is 1.31. The quantitative estimate of drug-likeness (QED) is 0.805. The zero-order chi connectivity index (χ0) is 11.3. The summed E-state index contributed by atoms with van der Waals surface area (Å²) in [5, 5.41) is 4.53. The van der Waals surface area contributed by atoms with Crippen molar-refractivity contribution in [2.75, 3.05) is 7.05 Å². The SMILES string of the molecule is CCCc1nc(C(C)CC)sc1CNC. The standard InChI is InChI=1S/C12H22N2S/c1-5-7-10-11(8-13-4)15-12(14-10)9(3)6-2/h9,13H,5-8H2,1-4H3. The minimum atomic E-state index is 0.608. The van der Waals surface area contributed by atoms with Gasteiger partial charge in [0.25, 0.3) is 0 Å². The van der Waals surface area contributed by atoms with Crippen molar-refractivity contribution in [2.24, 2.45) is 0 Å². The lowest BCUT2D eigenvalue weighted by atomic mass is 10.1. The fourth-order valence-electron chi connectivity index (χ4n) is 1.52. The number of nitrogens with zero attached hydrogens (tertiary/aromatic N) is 1. The van der Waals surface area contributed by atoms with Crippen molar-refractivity contribution in [1.29, 1.82) is 0 Å². The Balaban J connectivity index is 2.87. The Hall–Kier alpha value is -0.410. The molecule has 15 heavy (non-hydrogen) atoms. The monoisotopic (exact) mass is 226 g/mol. The summed E-state index contributed by atoms with van der Waals surface area (Å²) in [6, 6.07) is 0. The van der Waals surface area contributed by atoms with Gasteiger partial charge < -0.3 is 5.32 Å². The molecule has 1 aromatic rings. The Kier molecular flexibility index (Phi) is 5.26. The van der Waals surface area contributed by atoms with Crippen LogP contribution in [0.25, 0.3) is 0 Å². The predicted molar refractivity (Wildman–Crippen MR) is 67.6 cm³/mol. The van der Waals surface area contributed by atoms with E-state index in [0.717, 1.165) is 13.0 Å². The molecule has 0 aliphatic carbocycles. The number of aryl methyl sites for hydroxylation is 1. The molecule has 2 nitrogen and oxygen atoms in total. The smallest absolute Gasteiger partial charge is 0.0959 e. The zero-order valence-electron chi connectivity index (χ0n) is 10.3. The van der Waals surface area contributed by atoms with Crippen molar-refractivity contribution in [3.05, 3.63) is 15.6 Å². The molecule has 1 atom stereocenters. The first-order valence-corrected chi connectivity index (χ1v) is 6.67. The third-order valence-electron chi connectivity index (χ3n) is 2.65. The van der Waals surface area contributed by atoms with Crippen molar-refractivity contribution < 1.29 is 0 Å². The number of rotatable bonds is 6. The molecule has 3 heteroatoms. The van der Waals surface area contributed by atoms with Gasteiger partial charge in [0.2, 0.25) is 0 Å². The molecule has 1 heterocycles. The fourth-order valence-corrected chi connectivity index (χ4v) is 2.78. The Labute approximate surface area is 97.1 Å². The van der Waals surface area contributed by atoms with E-state index in [-0.39, 0.29) is 0 Å². The minimum absolute atomic E-state index is 0.608. The van der Waals surface area contributed by atoms with Gasteiger partial charge in [-0.3, -0.25) is 0 Å². The summed E-state index contributed by atoms with van der Waals surface area (Å²) in [6.45, 7) is 7.66. The number of nitrogens with one attached hydrogen (secondary N) is 1. The summed E-state index contributed by atoms with van der Waals surface area (Å²) in [5.74, 6) is 0.608. The highest BCUT2D eigenvalue weighted by Crippen LogP contribution is 2.27. The molecule has 0 aromatic carbocycles. The third kappa shape index (κ3) is 3.28. The molecule has 0 bridgehead atoms. The summed E-state index contributed by atoms with van der Waals surface area (Å²) in [4.78, 5) is 6.19. The van der Waals surface area contributed by atoms with Crippen LogP contribution in [0.15, 0.2) is 0 Å². The van der Waals surface area contributed by atoms with Crippen molar-refractivity contribution in [1.82, 2.24) is 10.3 Å². The van der Waals surface area contributed by atoms with Crippen LogP contribution in [0.4, 0.5) is 0 Å². The van der Waals surface area contributed by atoms with E-state index in [1.54, 1.807) is 0 Å². The maximum atomic E-state index is 4.77. The Morgan fingerprint density at radius 1 is 1.40 bits per heavy atom. The Morgan fingerprint density at radius 2 is 2.13 bits per heavy atom. The van der Waals surface area contributed by atoms with Gasteiger partial charge in [0, 0.05) is 17.3 Å². The second-order valence-corrected chi connectivity index (χ2v) is 5.13. The minimum Gasteiger partial charge on any atom is -0.315 e. The van der Waals surface area contributed by atoms with E-state index >= 15 is 0 Å². The van der Waals surface area contributed by atoms with Gasteiger partial charge in [-0.15, -0.1) is 11.3 Å². The van der Waals surface area contributed by atoms with Gasteiger partial charge >= 0.3 is 0 Å². The van der Waals surface area contributed by atoms with Gasteiger partial charge in [-0.05, 0) is 19.9 Å². The zero-order valence-corrected chi connectivity index (χ0v) is 11.1. The molecule has 1 aromatic heterocycles. The highest BCUT2D eigenvalue weighted by Gasteiger charge is 2.13. The fraction of sp³-hybridized carbons (Fsp3) is 0.750. The molecule has 0 radical (unpaired) electrons. The van der Waals surface area contributed by atoms with Gasteiger partial charge in [0.1, 0.15) is 0 Å². The van der Waals surface area contributed by atoms with E-state index in [2.05, 4.69) is 26.1 Å². The maximum absolute atomic E-state index is 4.77. The Bertz CT molecular complexity index is 270. The van der Waals surface area contributed by atoms with Crippen LogP contribution in [0.1, 0.15) is 55.1 Å². The largest absolute Gasteiger partial charge is 0.315 e. The number of aromatic nitrogens is 1. The first-order chi connectivity index (χ1) is 7.22. The van der Waals surface area contributed by atoms with Crippen LogP contribution in [-0.4, -0.2) is 12.0 Å². The van der Waals surface area contributed by atoms with E-state index < -0.39 is 0 Å². The van der Waals surface area contributed by atoms with Crippen molar-refractivity contribution in [3.8, 4) is 0 Å². The molecule has 0 amide bonds. The molecule has 0 saturated heterocycles. The molecule has 0 fully saturated rings. The molecule has 0 aliphatic heterocycles. The van der Waals surface area contributed by atoms with E-state index in [0.29, 0.717) is 5.92 Å². The lowest BCUT2D eigenvalue weighted by Gasteiger charge is -2.01. The molecule has 86 valence electrons. The van der Waals surface area contributed by atoms with Crippen molar-refractivity contribution in [2.45, 2.75) is 52.5 Å². The average Bonchev–Trinajstić information content (AvgIpc) is 2.62. The second-order valence-electron chi connectivity index (χ2n) is 4.01. The van der Waals surface area contributed by atoms with E-state index in [1.807, 2.05) is 18.4 Å². The summed E-state index contributed by atoms with van der Waals surface area (Å²) in [7, 11) is 2.00. The maximum Gasteiger partial charge on any atom is 0.0959 e. The first-order valence-electron chi connectivity index (χ1n) is 5.85. The molecular formula is C12H22N2S. The van der Waals surface area contributed by atoms with Crippen LogP contribution in [0.2, 0.25) is 0 Å². The molecular weight excluding hydrogens is 204 g/mol. The Morgan fingerprint density at radius 3 is 2.67 bits per heavy atom. The van der Waals surface area contributed by atoms with Crippen LogP contribution in [0.5, 0.6) is 0 Å². The van der Waals surface area contributed by atoms with Crippen LogP contribution in [0.3, 0.4) is 0 Å². The number of hydrogen-bond donors (Lipinski definition) is 1. The van der Waals surface area contributed by atoms with Crippen molar-refractivity contribution >= 4 is 11.3 Å². The third-order valence-corrected chi connectivity index (χ3v) is 3.98. The number of hydrogen-bond acceptors (Lipinski definition) is 3. The first kappa shape index (κ1) is 12.7. The van der Waals surface area contributed by atoms with Crippen LogP contribution in [-0.2, 0) is 13.0 Å². The van der Waals surface area contributed by atoms with E-state index in [9.17, 15) is 0 Å². The molecule has 1 rings (SSSR count). The van der Waals surface area contributed by atoms with Gasteiger partial charge in [0.05, 0.1) is 10.7 Å². The lowest BCUT2D eigenvalue weighted by molar-refractivity contribution is 0.718. The van der Waals surface area contributed by atoms with Crippen LogP contribution in [0, 0.1) is 0 Å². The molecule has 0 spiro atoms. The van der Waals surface area contributed by atoms with Crippen molar-refractivity contribution in [3.63, 3.8) is 0 Å². The van der Waals surface area contributed by atoms with E-state index in [4.69, 9.17) is 4.98 Å². The topological polar surface area (TPSA) is 24.9 Å². The van der Waals surface area contributed by atoms with Gasteiger partial charge in [-0.25, -0.2) is 4.98 Å². The molecule has 0 aliphatic rings. The molecule has 1 unspecified atom stereocenters. The predicted octanol–water partition coefficient (Wildman–Crippen LogP) is 3.33. The number of thiazole rings is 1. The molecule has 1 N–H and O–H groups in total. The average molecular weight is 226 g/mol. The highest BCUT2D eigenvalue weighted by molar-refractivity contribution is 7.11. The summed E-state index contributed by atoms with van der Waals surface area (Å²) >= 11 is 1.88. The highest BCUT2D eigenvalue weighted by atomic mass is 32.1. The summed E-state index contributed by atoms with van der Waals surface area (Å²) in [6.07, 6.45) is 3.47. The van der Waals surface area contributed by atoms with E-state index in [1.165, 1.54) is 28.4 Å². The van der Waals surface area contributed by atoms with Gasteiger partial charge in [-0.1, -0.05) is 27.2 Å². The second kappa shape index (κ2) is 6.23. The summed E-state index contributed by atoms with van der Waals surface area (Å²) < 4.78 is 0. The molecule has 0 saturated carbocycles. The van der Waals surface area contributed by atoms with Crippen LogP contribution >= 0.6 is 11.3 Å². The van der Waals surface area contributed by atoms with Crippen LogP contribution < -0.4 is 5.32 Å². The normalized spacial score (nSPS) is 13.1. The lowest BCUT2D eigenvalue weighted by Crippen LogP contribution is -2.05. The van der Waals surface area contributed by atoms with Gasteiger partial charge in [-0.2, -0.15) is 0 Å². The van der Waals surface area contributed by atoms with Gasteiger partial charge in [0.15, 0.2) is 0 Å².